The first-order chi connectivity index (χ1) is 13.9. The van der Waals surface area contributed by atoms with Crippen molar-refractivity contribution >= 4 is 17.5 Å². The van der Waals surface area contributed by atoms with Crippen LogP contribution < -0.4 is 20.9 Å². The lowest BCUT2D eigenvalue weighted by molar-refractivity contribution is -0.137. The maximum atomic E-state index is 12.9. The minimum atomic E-state index is -4.48. The monoisotopic (exact) mass is 407 g/mol. The van der Waals surface area contributed by atoms with Crippen LogP contribution in [-0.2, 0) is 12.7 Å². The Kier molecular flexibility index (Phi) is 6.79. The number of halogens is 3. The van der Waals surface area contributed by atoms with Crippen LogP contribution in [-0.4, -0.2) is 37.2 Å². The molecule has 0 spiro atoms. The molecule has 1 aromatic carbocycles. The van der Waals surface area contributed by atoms with Crippen molar-refractivity contribution < 1.29 is 18.0 Å². The smallest absolute Gasteiger partial charge is 0.372 e. The fourth-order valence-corrected chi connectivity index (χ4v) is 3.18. The van der Waals surface area contributed by atoms with Gasteiger partial charge >= 0.3 is 12.2 Å². The summed E-state index contributed by atoms with van der Waals surface area (Å²) >= 11 is 0. The SMILES string of the molecule is O=C(NCCNc1ncccc1C(F)(F)F)NCc1ccc(N2CCCC2)cc1. The van der Waals surface area contributed by atoms with Crippen molar-refractivity contribution in [2.45, 2.75) is 25.6 Å². The van der Waals surface area contributed by atoms with Crippen molar-refractivity contribution in [1.29, 1.82) is 0 Å². The van der Waals surface area contributed by atoms with E-state index < -0.39 is 11.7 Å². The molecule has 3 rings (SSSR count). The van der Waals surface area contributed by atoms with Gasteiger partial charge in [-0.2, -0.15) is 13.2 Å². The molecule has 1 aliphatic heterocycles. The number of carbonyl (C=O) groups excluding carboxylic acids is 1. The Hall–Kier alpha value is -2.97. The molecule has 2 aromatic rings. The molecule has 1 fully saturated rings. The molecule has 156 valence electrons. The molecule has 0 radical (unpaired) electrons. The van der Waals surface area contributed by atoms with Gasteiger partial charge in [-0.1, -0.05) is 12.1 Å². The number of nitrogens with zero attached hydrogens (tertiary/aromatic N) is 2. The predicted molar refractivity (Wildman–Crippen MR) is 106 cm³/mol. The van der Waals surface area contributed by atoms with Crippen molar-refractivity contribution in [3.8, 4) is 0 Å². The standard InChI is InChI=1S/C20H24F3N5O/c21-20(22,23)17-4-3-9-24-18(17)25-10-11-26-19(29)27-14-15-5-7-16(8-6-15)28-12-1-2-13-28/h3-9H,1-2,10-14H2,(H,24,25)(H2,26,27,29). The van der Waals surface area contributed by atoms with Crippen LogP contribution in [0.5, 0.6) is 0 Å². The first kappa shape index (κ1) is 20.8. The molecule has 1 aromatic heterocycles. The Morgan fingerprint density at radius 3 is 2.45 bits per heavy atom. The maximum absolute atomic E-state index is 12.9. The fourth-order valence-electron chi connectivity index (χ4n) is 3.18. The fraction of sp³-hybridized carbons (Fsp3) is 0.400. The number of carbonyl (C=O) groups is 1. The van der Waals surface area contributed by atoms with Crippen LogP contribution in [0.2, 0.25) is 0 Å². The van der Waals surface area contributed by atoms with Gasteiger partial charge in [0.25, 0.3) is 0 Å². The number of rotatable bonds is 7. The van der Waals surface area contributed by atoms with Crippen LogP contribution >= 0.6 is 0 Å². The summed E-state index contributed by atoms with van der Waals surface area (Å²) in [5.41, 5.74) is 1.33. The van der Waals surface area contributed by atoms with Crippen molar-refractivity contribution in [3.63, 3.8) is 0 Å². The quantitative estimate of drug-likeness (QED) is 0.614. The van der Waals surface area contributed by atoms with Gasteiger partial charge in [0.05, 0.1) is 5.56 Å². The zero-order valence-corrected chi connectivity index (χ0v) is 15.9. The van der Waals surface area contributed by atoms with Crippen LogP contribution in [0.15, 0.2) is 42.6 Å². The van der Waals surface area contributed by atoms with Crippen molar-refractivity contribution in [2.24, 2.45) is 0 Å². The van der Waals surface area contributed by atoms with Gasteiger partial charge in [-0.25, -0.2) is 9.78 Å². The lowest BCUT2D eigenvalue weighted by Crippen LogP contribution is -2.37. The van der Waals surface area contributed by atoms with Gasteiger partial charge in [-0.05, 0) is 42.7 Å². The summed E-state index contributed by atoms with van der Waals surface area (Å²) in [5.74, 6) is -0.250. The molecule has 29 heavy (non-hydrogen) atoms. The second kappa shape index (κ2) is 9.49. The van der Waals surface area contributed by atoms with Crippen LogP contribution in [0.1, 0.15) is 24.0 Å². The molecule has 0 atom stereocenters. The molecule has 1 aliphatic rings. The normalized spacial score (nSPS) is 14.0. The lowest BCUT2D eigenvalue weighted by atomic mass is 10.2. The summed E-state index contributed by atoms with van der Waals surface area (Å²) in [7, 11) is 0. The van der Waals surface area contributed by atoms with Gasteiger partial charge in [0.15, 0.2) is 0 Å². The molecule has 1 saturated heterocycles. The third-order valence-corrected chi connectivity index (χ3v) is 4.68. The molecular weight excluding hydrogens is 383 g/mol. The Bertz CT molecular complexity index is 805. The van der Waals surface area contributed by atoms with Gasteiger partial charge in [-0.15, -0.1) is 0 Å². The number of alkyl halides is 3. The molecule has 2 heterocycles. The highest BCUT2D eigenvalue weighted by Gasteiger charge is 2.33. The summed E-state index contributed by atoms with van der Waals surface area (Å²) in [6.07, 6.45) is -0.759. The largest absolute Gasteiger partial charge is 0.419 e. The van der Waals surface area contributed by atoms with Gasteiger partial charge in [0.2, 0.25) is 0 Å². The highest BCUT2D eigenvalue weighted by molar-refractivity contribution is 5.73. The number of urea groups is 1. The highest BCUT2D eigenvalue weighted by Crippen LogP contribution is 2.33. The highest BCUT2D eigenvalue weighted by atomic mass is 19.4. The summed E-state index contributed by atoms with van der Waals surface area (Å²) in [6.45, 7) is 2.82. The topological polar surface area (TPSA) is 69.3 Å². The van der Waals surface area contributed by atoms with Gasteiger partial charge in [0.1, 0.15) is 5.82 Å². The molecule has 6 nitrogen and oxygen atoms in total. The molecular formula is C20H24F3N5O. The average Bonchev–Trinajstić information content (AvgIpc) is 3.24. The minimum Gasteiger partial charge on any atom is -0.372 e. The predicted octanol–water partition coefficient (Wildman–Crippen LogP) is 3.61. The second-order valence-corrected chi connectivity index (χ2v) is 6.79. The summed E-state index contributed by atoms with van der Waals surface area (Å²) in [5, 5.41) is 7.95. The summed E-state index contributed by atoms with van der Waals surface area (Å²) < 4.78 is 38.7. The first-order valence-corrected chi connectivity index (χ1v) is 9.55. The van der Waals surface area contributed by atoms with E-state index >= 15 is 0 Å². The Morgan fingerprint density at radius 1 is 1.03 bits per heavy atom. The van der Waals surface area contributed by atoms with Crippen LogP contribution in [0.25, 0.3) is 0 Å². The van der Waals surface area contributed by atoms with Crippen LogP contribution in [0.3, 0.4) is 0 Å². The van der Waals surface area contributed by atoms with Crippen molar-refractivity contribution in [2.75, 3.05) is 36.4 Å². The molecule has 0 bridgehead atoms. The van der Waals surface area contributed by atoms with E-state index in [-0.39, 0.29) is 24.9 Å². The second-order valence-electron chi connectivity index (χ2n) is 6.79. The van der Waals surface area contributed by atoms with Gasteiger partial charge in [0, 0.05) is 44.6 Å². The number of aromatic nitrogens is 1. The van der Waals surface area contributed by atoms with Gasteiger partial charge in [-0.3, -0.25) is 0 Å². The molecule has 0 saturated carbocycles. The first-order valence-electron chi connectivity index (χ1n) is 9.55. The van der Waals surface area contributed by atoms with Crippen LogP contribution in [0, 0.1) is 0 Å². The van der Waals surface area contributed by atoms with E-state index in [1.54, 1.807) is 0 Å². The lowest BCUT2D eigenvalue weighted by Gasteiger charge is -2.17. The number of nitrogens with one attached hydrogen (secondary N) is 3. The number of amides is 2. The number of benzene rings is 1. The Morgan fingerprint density at radius 2 is 1.76 bits per heavy atom. The molecule has 3 N–H and O–H groups in total. The van der Waals surface area contributed by atoms with Crippen molar-refractivity contribution in [3.05, 3.63) is 53.7 Å². The molecule has 0 aliphatic carbocycles. The van der Waals surface area contributed by atoms with E-state index in [0.29, 0.717) is 6.54 Å². The average molecular weight is 407 g/mol. The van der Waals surface area contributed by atoms with Gasteiger partial charge < -0.3 is 20.9 Å². The van der Waals surface area contributed by atoms with E-state index in [4.69, 9.17) is 0 Å². The van der Waals surface area contributed by atoms with Crippen molar-refractivity contribution in [1.82, 2.24) is 15.6 Å². The molecule has 0 unspecified atom stereocenters. The van der Waals surface area contributed by atoms with E-state index in [1.807, 2.05) is 12.1 Å². The summed E-state index contributed by atoms with van der Waals surface area (Å²) in [4.78, 5) is 17.9. The Labute approximate surface area is 167 Å². The number of anilines is 2. The minimum absolute atomic E-state index is 0.123. The summed E-state index contributed by atoms with van der Waals surface area (Å²) in [6, 6.07) is 9.88. The van der Waals surface area contributed by atoms with E-state index in [1.165, 1.54) is 30.8 Å². The zero-order chi connectivity index (χ0) is 20.7. The maximum Gasteiger partial charge on any atom is 0.419 e. The van der Waals surface area contributed by atoms with E-state index in [0.717, 1.165) is 24.7 Å². The number of pyridine rings is 1. The molecule has 9 heteroatoms. The molecule has 2 amide bonds. The van der Waals surface area contributed by atoms with E-state index in [2.05, 4.69) is 38.0 Å². The third-order valence-electron chi connectivity index (χ3n) is 4.68. The van der Waals surface area contributed by atoms with Crippen LogP contribution in [0.4, 0.5) is 29.5 Å². The van der Waals surface area contributed by atoms with E-state index in [9.17, 15) is 18.0 Å². The Balaban J connectivity index is 1.37. The number of hydrogen-bond donors (Lipinski definition) is 3. The number of hydrogen-bond acceptors (Lipinski definition) is 4. The third kappa shape index (κ3) is 6.00. The zero-order valence-electron chi connectivity index (χ0n) is 15.9.